The predicted molar refractivity (Wildman–Crippen MR) is 64.7 cm³/mol. The molecule has 18 heavy (non-hydrogen) atoms. The molecule has 94 valence electrons. The fraction of sp³-hybridized carbons (Fsp3) is 0.308. The standard InChI is InChI=1S/C13H14N2O3/c14-8-11(10-4-2-1-3-5-10)9-15-12(16)6-7-13(17)18/h1-5,11H,6-7,9H2,(H,15,16)(H,17,18). The van der Waals surface area contributed by atoms with Crippen LogP contribution in [-0.2, 0) is 9.59 Å². The van der Waals surface area contributed by atoms with E-state index in [1.165, 1.54) is 0 Å². The second-order valence-corrected chi connectivity index (χ2v) is 3.79. The Morgan fingerprint density at radius 2 is 1.94 bits per heavy atom. The Hall–Kier alpha value is -2.35. The lowest BCUT2D eigenvalue weighted by Gasteiger charge is -2.10. The van der Waals surface area contributed by atoms with Crippen molar-refractivity contribution in [3.8, 4) is 6.07 Å². The molecule has 1 amide bonds. The van der Waals surface area contributed by atoms with Gasteiger partial charge in [-0.3, -0.25) is 9.59 Å². The molecule has 5 heteroatoms. The highest BCUT2D eigenvalue weighted by Gasteiger charge is 2.12. The van der Waals surface area contributed by atoms with Gasteiger partial charge in [-0.1, -0.05) is 30.3 Å². The van der Waals surface area contributed by atoms with Crippen molar-refractivity contribution in [1.29, 1.82) is 5.26 Å². The van der Waals surface area contributed by atoms with Crippen molar-refractivity contribution >= 4 is 11.9 Å². The van der Waals surface area contributed by atoms with Crippen LogP contribution < -0.4 is 5.32 Å². The number of rotatable bonds is 6. The SMILES string of the molecule is N#CC(CNC(=O)CCC(=O)O)c1ccccc1. The second-order valence-electron chi connectivity index (χ2n) is 3.79. The van der Waals surface area contributed by atoms with Gasteiger partial charge in [0.1, 0.15) is 0 Å². The molecular weight excluding hydrogens is 232 g/mol. The van der Waals surface area contributed by atoms with Crippen molar-refractivity contribution < 1.29 is 14.7 Å². The maximum Gasteiger partial charge on any atom is 0.303 e. The van der Waals surface area contributed by atoms with Crippen molar-refractivity contribution in [2.24, 2.45) is 0 Å². The van der Waals surface area contributed by atoms with Crippen LogP contribution in [0.2, 0.25) is 0 Å². The van der Waals surface area contributed by atoms with E-state index in [4.69, 9.17) is 10.4 Å². The monoisotopic (exact) mass is 246 g/mol. The first kappa shape index (κ1) is 13.7. The molecule has 1 aromatic rings. The Labute approximate surface area is 105 Å². The van der Waals surface area contributed by atoms with Gasteiger partial charge in [0.15, 0.2) is 0 Å². The van der Waals surface area contributed by atoms with Gasteiger partial charge in [0.2, 0.25) is 5.91 Å². The van der Waals surface area contributed by atoms with E-state index in [-0.39, 0.29) is 25.3 Å². The highest BCUT2D eigenvalue weighted by atomic mass is 16.4. The molecule has 0 spiro atoms. The zero-order chi connectivity index (χ0) is 13.4. The van der Waals surface area contributed by atoms with Gasteiger partial charge >= 0.3 is 5.97 Å². The highest BCUT2D eigenvalue weighted by molar-refractivity contribution is 5.80. The molecule has 0 fully saturated rings. The van der Waals surface area contributed by atoms with Crippen LogP contribution in [0.4, 0.5) is 0 Å². The molecule has 1 atom stereocenters. The molecule has 1 aromatic carbocycles. The van der Waals surface area contributed by atoms with Gasteiger partial charge < -0.3 is 10.4 Å². The lowest BCUT2D eigenvalue weighted by atomic mass is 10.0. The molecule has 0 radical (unpaired) electrons. The van der Waals surface area contributed by atoms with Gasteiger partial charge in [0.05, 0.1) is 18.4 Å². The summed E-state index contributed by atoms with van der Waals surface area (Å²) >= 11 is 0. The van der Waals surface area contributed by atoms with Crippen molar-refractivity contribution in [2.75, 3.05) is 6.54 Å². The zero-order valence-electron chi connectivity index (χ0n) is 9.80. The van der Waals surface area contributed by atoms with Gasteiger partial charge in [0.25, 0.3) is 0 Å². The van der Waals surface area contributed by atoms with Gasteiger partial charge in [-0.25, -0.2) is 0 Å². The largest absolute Gasteiger partial charge is 0.481 e. The molecule has 1 rings (SSSR count). The number of benzene rings is 1. The van der Waals surface area contributed by atoms with Crippen LogP contribution in [0.5, 0.6) is 0 Å². The topological polar surface area (TPSA) is 90.2 Å². The second kappa shape index (κ2) is 7.07. The van der Waals surface area contributed by atoms with E-state index in [0.29, 0.717) is 0 Å². The van der Waals surface area contributed by atoms with Crippen LogP contribution >= 0.6 is 0 Å². The van der Waals surface area contributed by atoms with E-state index in [9.17, 15) is 9.59 Å². The number of nitriles is 1. The Morgan fingerprint density at radius 3 is 2.50 bits per heavy atom. The van der Waals surface area contributed by atoms with E-state index >= 15 is 0 Å². The number of nitrogens with zero attached hydrogens (tertiary/aromatic N) is 1. The smallest absolute Gasteiger partial charge is 0.303 e. The third-order valence-electron chi connectivity index (χ3n) is 2.43. The number of aliphatic carboxylic acids is 1. The lowest BCUT2D eigenvalue weighted by molar-refractivity contribution is -0.138. The number of amides is 1. The highest BCUT2D eigenvalue weighted by Crippen LogP contribution is 2.13. The number of carboxylic acid groups (broad SMARTS) is 1. The minimum atomic E-state index is -1.01. The molecule has 2 N–H and O–H groups in total. The average Bonchev–Trinajstić information content (AvgIpc) is 2.38. The minimum absolute atomic E-state index is 0.0672. The van der Waals surface area contributed by atoms with Crippen LogP contribution in [-0.4, -0.2) is 23.5 Å². The fourth-order valence-corrected chi connectivity index (χ4v) is 1.45. The molecule has 5 nitrogen and oxygen atoms in total. The molecule has 0 bridgehead atoms. The van der Waals surface area contributed by atoms with E-state index < -0.39 is 11.9 Å². The summed E-state index contributed by atoms with van der Waals surface area (Å²) in [6.45, 7) is 0.193. The zero-order valence-corrected chi connectivity index (χ0v) is 9.80. The number of carboxylic acids is 1. The minimum Gasteiger partial charge on any atom is -0.481 e. The maximum atomic E-state index is 11.3. The summed E-state index contributed by atoms with van der Waals surface area (Å²) in [5, 5.41) is 20.0. The van der Waals surface area contributed by atoms with Crippen molar-refractivity contribution in [2.45, 2.75) is 18.8 Å². The molecule has 0 aromatic heterocycles. The third kappa shape index (κ3) is 4.66. The summed E-state index contributed by atoms with van der Waals surface area (Å²) in [7, 11) is 0. The number of nitrogens with one attached hydrogen (secondary N) is 1. The van der Waals surface area contributed by atoms with Gasteiger partial charge in [-0.15, -0.1) is 0 Å². The van der Waals surface area contributed by atoms with Crippen molar-refractivity contribution in [3.05, 3.63) is 35.9 Å². The summed E-state index contributed by atoms with van der Waals surface area (Å²) in [5.74, 6) is -1.78. The van der Waals surface area contributed by atoms with Gasteiger partial charge in [-0.05, 0) is 5.56 Å². The first-order valence-corrected chi connectivity index (χ1v) is 5.56. The summed E-state index contributed by atoms with van der Waals surface area (Å²) < 4.78 is 0. The Bertz CT molecular complexity index is 451. The summed E-state index contributed by atoms with van der Waals surface area (Å²) in [4.78, 5) is 21.6. The summed E-state index contributed by atoms with van der Waals surface area (Å²) in [5.41, 5.74) is 0.832. The van der Waals surface area contributed by atoms with Crippen LogP contribution in [0.3, 0.4) is 0 Å². The third-order valence-corrected chi connectivity index (χ3v) is 2.43. The van der Waals surface area contributed by atoms with E-state index in [0.717, 1.165) is 5.56 Å². The Morgan fingerprint density at radius 1 is 1.28 bits per heavy atom. The van der Waals surface area contributed by atoms with Crippen molar-refractivity contribution in [1.82, 2.24) is 5.32 Å². The molecule has 0 aliphatic rings. The fourth-order valence-electron chi connectivity index (χ4n) is 1.45. The lowest BCUT2D eigenvalue weighted by Crippen LogP contribution is -2.28. The summed E-state index contributed by atoms with van der Waals surface area (Å²) in [6.07, 6.45) is -0.267. The maximum absolute atomic E-state index is 11.3. The molecule has 0 saturated carbocycles. The normalized spacial score (nSPS) is 11.3. The van der Waals surface area contributed by atoms with Crippen LogP contribution in [0.25, 0.3) is 0 Å². The quantitative estimate of drug-likeness (QED) is 0.791. The molecular formula is C13H14N2O3. The molecule has 0 aliphatic heterocycles. The molecule has 0 heterocycles. The van der Waals surface area contributed by atoms with Gasteiger partial charge in [0, 0.05) is 13.0 Å². The first-order valence-electron chi connectivity index (χ1n) is 5.56. The van der Waals surface area contributed by atoms with Crippen LogP contribution in [0, 0.1) is 11.3 Å². The predicted octanol–water partition coefficient (Wildman–Crippen LogP) is 1.27. The van der Waals surface area contributed by atoms with Crippen LogP contribution in [0.15, 0.2) is 30.3 Å². The number of hydrogen-bond acceptors (Lipinski definition) is 3. The molecule has 0 aliphatic carbocycles. The Kier molecular flexibility index (Phi) is 5.39. The molecule has 1 unspecified atom stereocenters. The van der Waals surface area contributed by atoms with E-state index in [1.54, 1.807) is 0 Å². The molecule has 0 saturated heterocycles. The Balaban J connectivity index is 2.44. The first-order chi connectivity index (χ1) is 8.63. The van der Waals surface area contributed by atoms with E-state index in [1.807, 2.05) is 30.3 Å². The number of hydrogen-bond donors (Lipinski definition) is 2. The number of carbonyl (C=O) groups is 2. The number of carbonyl (C=O) groups excluding carboxylic acids is 1. The van der Waals surface area contributed by atoms with Crippen LogP contribution in [0.1, 0.15) is 24.3 Å². The van der Waals surface area contributed by atoms with Gasteiger partial charge in [-0.2, -0.15) is 5.26 Å². The van der Waals surface area contributed by atoms with Crippen molar-refractivity contribution in [3.63, 3.8) is 0 Å². The average molecular weight is 246 g/mol. The van der Waals surface area contributed by atoms with E-state index in [2.05, 4.69) is 11.4 Å². The summed E-state index contributed by atoms with van der Waals surface area (Å²) in [6, 6.07) is 11.2.